The number of aromatic nitrogens is 3. The van der Waals surface area contributed by atoms with Crippen LogP contribution in [-0.4, -0.2) is 54.5 Å². The normalized spacial score (nSPS) is 16.7. The van der Waals surface area contributed by atoms with Crippen molar-refractivity contribution >= 4 is 46.6 Å². The van der Waals surface area contributed by atoms with Crippen molar-refractivity contribution in [2.45, 2.75) is 57.3 Å². The van der Waals surface area contributed by atoms with E-state index in [1.807, 2.05) is 36.4 Å². The number of benzene rings is 3. The summed E-state index contributed by atoms with van der Waals surface area (Å²) < 4.78 is 29.0. The number of piperidine rings is 1. The summed E-state index contributed by atoms with van der Waals surface area (Å²) in [5.74, 6) is 0.459. The van der Waals surface area contributed by atoms with Gasteiger partial charge in [-0.1, -0.05) is 50.0 Å². The number of aromatic amines is 1. The third kappa shape index (κ3) is 5.03. The highest BCUT2D eigenvalue weighted by Crippen LogP contribution is 2.40. The molecule has 1 N–H and O–H groups in total. The van der Waals surface area contributed by atoms with Gasteiger partial charge >= 0.3 is 0 Å². The second-order valence-electron chi connectivity index (χ2n) is 13.1. The minimum Gasteiger partial charge on any atom is -0.369 e. The zero-order valence-corrected chi connectivity index (χ0v) is 25.5. The molecule has 7 rings (SSSR count). The highest BCUT2D eigenvalue weighted by atomic mass is 28.3. The van der Waals surface area contributed by atoms with Crippen molar-refractivity contribution in [3.63, 3.8) is 0 Å². The van der Waals surface area contributed by atoms with Crippen molar-refractivity contribution in [1.82, 2.24) is 14.5 Å². The van der Waals surface area contributed by atoms with Crippen LogP contribution < -0.4 is 10.5 Å². The van der Waals surface area contributed by atoms with Gasteiger partial charge in [0, 0.05) is 62.1 Å². The summed E-state index contributed by atoms with van der Waals surface area (Å²) >= 11 is 0. The lowest BCUT2D eigenvalue weighted by molar-refractivity contribution is 0.0851. The standard InChI is InChI=1S/C33H37FN4O3Si/c1-42(2,3)18-17-40-21-38-14-11-24-28(31(38)39)27-23(9-10-26(34)25(27)19-22-7-5-4-6-8-22)29-30(24)36-32(35-29)37-15-12-33(13-16-37)20-41-33/h4-11,14H,12-13,15-21H2,1-3H3,(H,35,36). The van der Waals surface area contributed by atoms with Crippen LogP contribution in [0.4, 0.5) is 10.3 Å². The molecular formula is C33H37FN4O3Si. The average Bonchev–Trinajstić information content (AvgIpc) is 3.57. The molecule has 3 aromatic carbocycles. The Morgan fingerprint density at radius 3 is 2.52 bits per heavy atom. The van der Waals surface area contributed by atoms with Crippen LogP contribution in [0.5, 0.6) is 0 Å². The second-order valence-corrected chi connectivity index (χ2v) is 18.7. The number of imidazole rings is 1. The van der Waals surface area contributed by atoms with Crippen molar-refractivity contribution in [3.8, 4) is 0 Å². The molecule has 5 aromatic rings. The van der Waals surface area contributed by atoms with Crippen molar-refractivity contribution in [2.75, 3.05) is 31.2 Å². The first-order chi connectivity index (χ1) is 20.2. The first-order valence-electron chi connectivity index (χ1n) is 14.9. The first-order valence-corrected chi connectivity index (χ1v) is 18.6. The van der Waals surface area contributed by atoms with Crippen LogP contribution in [0.15, 0.2) is 59.5 Å². The number of nitrogens with zero attached hydrogens (tertiary/aromatic N) is 3. The minimum atomic E-state index is -1.26. The topological polar surface area (TPSA) is 75.7 Å². The fourth-order valence-corrected chi connectivity index (χ4v) is 6.92. The lowest BCUT2D eigenvalue weighted by Crippen LogP contribution is -2.38. The van der Waals surface area contributed by atoms with Gasteiger partial charge in [-0.05, 0) is 42.6 Å². The van der Waals surface area contributed by atoms with E-state index in [-0.39, 0.29) is 23.7 Å². The highest BCUT2D eigenvalue weighted by Gasteiger charge is 2.47. The van der Waals surface area contributed by atoms with E-state index in [0.29, 0.717) is 29.4 Å². The maximum Gasteiger partial charge on any atom is 0.261 e. The molecule has 0 aliphatic carbocycles. The average molecular weight is 585 g/mol. The molecule has 0 unspecified atom stereocenters. The summed E-state index contributed by atoms with van der Waals surface area (Å²) in [7, 11) is -1.26. The number of hydrogen-bond donors (Lipinski definition) is 1. The molecule has 2 aliphatic heterocycles. The monoisotopic (exact) mass is 584 g/mol. The molecule has 2 aromatic heterocycles. The number of hydrogen-bond acceptors (Lipinski definition) is 5. The first kappa shape index (κ1) is 27.3. The number of fused-ring (bicyclic) bond motifs is 6. The SMILES string of the molecule is C[Si](C)(C)CCOCn1ccc2c3nc(N4CCC5(CC4)CO5)[nH]c3c3ccc(F)c(Cc4ccccc4)c3c2c1=O. The predicted molar refractivity (Wildman–Crippen MR) is 169 cm³/mol. The van der Waals surface area contributed by atoms with Crippen molar-refractivity contribution in [1.29, 1.82) is 0 Å². The van der Waals surface area contributed by atoms with E-state index in [1.54, 1.807) is 16.8 Å². The Morgan fingerprint density at radius 2 is 1.81 bits per heavy atom. The molecule has 0 bridgehead atoms. The summed E-state index contributed by atoms with van der Waals surface area (Å²) in [6, 6.07) is 16.1. The zero-order valence-electron chi connectivity index (χ0n) is 24.5. The minimum absolute atomic E-state index is 0.0635. The summed E-state index contributed by atoms with van der Waals surface area (Å²) in [5, 5.41) is 2.66. The van der Waals surface area contributed by atoms with Crippen molar-refractivity contribution in [2.24, 2.45) is 0 Å². The van der Waals surface area contributed by atoms with E-state index in [0.717, 1.165) is 71.9 Å². The number of H-pyrrole nitrogens is 1. The fourth-order valence-electron chi connectivity index (χ4n) is 6.16. The van der Waals surface area contributed by atoms with Crippen LogP contribution in [0.3, 0.4) is 0 Å². The summed E-state index contributed by atoms with van der Waals surface area (Å²) in [5.41, 5.74) is 2.93. The summed E-state index contributed by atoms with van der Waals surface area (Å²) in [6.45, 7) is 10.2. The molecule has 2 saturated heterocycles. The van der Waals surface area contributed by atoms with Crippen molar-refractivity contribution < 1.29 is 13.9 Å². The molecule has 42 heavy (non-hydrogen) atoms. The molecule has 0 radical (unpaired) electrons. The number of pyridine rings is 1. The van der Waals surface area contributed by atoms with Crippen LogP contribution in [0.2, 0.25) is 25.7 Å². The number of ether oxygens (including phenoxy) is 2. The van der Waals surface area contributed by atoms with Gasteiger partial charge in [0.15, 0.2) is 0 Å². The largest absolute Gasteiger partial charge is 0.369 e. The number of epoxide rings is 1. The van der Waals surface area contributed by atoms with E-state index >= 15 is 4.39 Å². The smallest absolute Gasteiger partial charge is 0.261 e. The summed E-state index contributed by atoms with van der Waals surface area (Å²) in [6.07, 6.45) is 4.10. The molecular weight excluding hydrogens is 547 g/mol. The molecule has 1 spiro atoms. The van der Waals surface area contributed by atoms with E-state index < -0.39 is 8.07 Å². The van der Waals surface area contributed by atoms with Gasteiger partial charge in [-0.3, -0.25) is 9.36 Å². The maximum absolute atomic E-state index is 15.7. The van der Waals surface area contributed by atoms with Gasteiger partial charge in [-0.15, -0.1) is 0 Å². The van der Waals surface area contributed by atoms with Gasteiger partial charge in [0.25, 0.3) is 5.56 Å². The van der Waals surface area contributed by atoms with E-state index in [2.05, 4.69) is 29.5 Å². The molecule has 0 amide bonds. The Morgan fingerprint density at radius 1 is 1.05 bits per heavy atom. The van der Waals surface area contributed by atoms with Crippen LogP contribution >= 0.6 is 0 Å². The lowest BCUT2D eigenvalue weighted by Gasteiger charge is -2.29. The molecule has 2 aliphatic rings. The molecule has 218 valence electrons. The maximum atomic E-state index is 15.7. The van der Waals surface area contributed by atoms with Crippen LogP contribution in [0.25, 0.3) is 32.6 Å². The van der Waals surface area contributed by atoms with Gasteiger partial charge < -0.3 is 19.4 Å². The lowest BCUT2D eigenvalue weighted by atomic mass is 9.93. The number of nitrogens with one attached hydrogen (secondary N) is 1. The second kappa shape index (κ2) is 10.3. The highest BCUT2D eigenvalue weighted by molar-refractivity contribution is 6.76. The van der Waals surface area contributed by atoms with Gasteiger partial charge in [0.1, 0.15) is 12.5 Å². The van der Waals surface area contributed by atoms with Crippen molar-refractivity contribution in [3.05, 3.63) is 82.0 Å². The Hall–Kier alpha value is -3.53. The van der Waals surface area contributed by atoms with Gasteiger partial charge in [-0.2, -0.15) is 0 Å². The molecule has 7 nitrogen and oxygen atoms in total. The molecule has 0 saturated carbocycles. The van der Waals surface area contributed by atoms with Crippen LogP contribution in [-0.2, 0) is 22.6 Å². The number of halogens is 1. The van der Waals surface area contributed by atoms with Gasteiger partial charge in [0.2, 0.25) is 5.95 Å². The quantitative estimate of drug-likeness (QED) is 0.0983. The van der Waals surface area contributed by atoms with E-state index in [1.165, 1.54) is 6.07 Å². The van der Waals surface area contributed by atoms with Crippen LogP contribution in [0, 0.1) is 5.82 Å². The Balaban J connectivity index is 1.40. The molecule has 2 fully saturated rings. The molecule has 0 atom stereocenters. The van der Waals surface area contributed by atoms with E-state index in [4.69, 9.17) is 14.5 Å². The van der Waals surface area contributed by atoms with E-state index in [9.17, 15) is 4.79 Å². The number of rotatable bonds is 8. The predicted octanol–water partition coefficient (Wildman–Crippen LogP) is 6.44. The molecule has 9 heteroatoms. The third-order valence-corrected chi connectivity index (χ3v) is 10.6. The van der Waals surface area contributed by atoms with Gasteiger partial charge in [0.05, 0.1) is 28.6 Å². The molecule has 4 heterocycles. The number of anilines is 1. The third-order valence-electron chi connectivity index (χ3n) is 8.86. The fraction of sp³-hybridized carbons (Fsp3) is 0.394. The van der Waals surface area contributed by atoms with Gasteiger partial charge in [-0.25, -0.2) is 9.37 Å². The summed E-state index contributed by atoms with van der Waals surface area (Å²) in [4.78, 5) is 25.1. The Bertz CT molecular complexity index is 1850. The Labute approximate surface area is 245 Å². The Kier molecular flexibility index (Phi) is 6.71. The zero-order chi connectivity index (χ0) is 29.1. The van der Waals surface area contributed by atoms with Crippen LogP contribution in [0.1, 0.15) is 24.0 Å².